The number of rotatable bonds is 3. The highest BCUT2D eigenvalue weighted by molar-refractivity contribution is 9.08. The van der Waals surface area contributed by atoms with Crippen LogP contribution in [0.3, 0.4) is 0 Å². The highest BCUT2D eigenvalue weighted by atomic mass is 79.9. The fourth-order valence-electron chi connectivity index (χ4n) is 0.971. The molecule has 0 amide bonds. The molecule has 1 aromatic rings. The highest BCUT2D eigenvalue weighted by Crippen LogP contribution is 2.22. The van der Waals surface area contributed by atoms with Gasteiger partial charge in [-0.25, -0.2) is 0 Å². The molecule has 66 valence electrons. The maximum Gasteiger partial charge on any atom is 0.123 e. The number of aromatic hydroxyl groups is 1. The zero-order valence-corrected chi connectivity index (χ0v) is 8.47. The van der Waals surface area contributed by atoms with E-state index in [1.165, 1.54) is 0 Å². The molecule has 0 aliphatic rings. The van der Waals surface area contributed by atoms with Gasteiger partial charge in [-0.05, 0) is 24.6 Å². The van der Waals surface area contributed by atoms with Gasteiger partial charge in [-0.15, -0.1) is 0 Å². The summed E-state index contributed by atoms with van der Waals surface area (Å²) in [5, 5.41) is 9.97. The molecule has 0 aromatic heterocycles. The standard InChI is InChI=1S/C9H11BrO2/c1-2-12-9-4-7(6-10)3-8(11)5-9/h3-5,11H,2,6H2,1H3. The van der Waals surface area contributed by atoms with Crippen LogP contribution in [-0.2, 0) is 5.33 Å². The number of hydrogen-bond donors (Lipinski definition) is 1. The first-order valence-corrected chi connectivity index (χ1v) is 4.90. The monoisotopic (exact) mass is 230 g/mol. The molecule has 0 saturated carbocycles. The third-order valence-corrected chi connectivity index (χ3v) is 2.06. The Morgan fingerprint density at radius 3 is 2.75 bits per heavy atom. The van der Waals surface area contributed by atoms with E-state index < -0.39 is 0 Å². The maximum absolute atomic E-state index is 9.25. The topological polar surface area (TPSA) is 29.5 Å². The van der Waals surface area contributed by atoms with Crippen LogP contribution in [0, 0.1) is 0 Å². The van der Waals surface area contributed by atoms with Crippen molar-refractivity contribution < 1.29 is 9.84 Å². The quantitative estimate of drug-likeness (QED) is 0.810. The second-order valence-electron chi connectivity index (χ2n) is 2.40. The van der Waals surface area contributed by atoms with E-state index in [4.69, 9.17) is 4.74 Å². The van der Waals surface area contributed by atoms with Crippen LogP contribution in [-0.4, -0.2) is 11.7 Å². The highest BCUT2D eigenvalue weighted by Gasteiger charge is 1.98. The zero-order valence-electron chi connectivity index (χ0n) is 6.88. The lowest BCUT2D eigenvalue weighted by Crippen LogP contribution is -1.91. The van der Waals surface area contributed by atoms with Gasteiger partial charge in [0.25, 0.3) is 0 Å². The molecule has 1 N–H and O–H groups in total. The van der Waals surface area contributed by atoms with Gasteiger partial charge in [-0.3, -0.25) is 0 Å². The van der Waals surface area contributed by atoms with Crippen LogP contribution in [0.2, 0.25) is 0 Å². The lowest BCUT2D eigenvalue weighted by molar-refractivity contribution is 0.337. The zero-order chi connectivity index (χ0) is 8.97. The summed E-state index contributed by atoms with van der Waals surface area (Å²) in [7, 11) is 0. The van der Waals surface area contributed by atoms with Crippen LogP contribution in [0.5, 0.6) is 11.5 Å². The molecule has 3 heteroatoms. The fourth-order valence-corrected chi connectivity index (χ4v) is 1.29. The molecule has 0 unspecified atom stereocenters. The molecular weight excluding hydrogens is 220 g/mol. The Bertz CT molecular complexity index is 261. The molecule has 0 aliphatic heterocycles. The molecule has 1 rings (SSSR count). The number of hydrogen-bond acceptors (Lipinski definition) is 2. The second-order valence-corrected chi connectivity index (χ2v) is 2.96. The Balaban J connectivity index is 2.90. The van der Waals surface area contributed by atoms with E-state index in [0.29, 0.717) is 12.4 Å². The summed E-state index contributed by atoms with van der Waals surface area (Å²) >= 11 is 3.31. The summed E-state index contributed by atoms with van der Waals surface area (Å²) in [4.78, 5) is 0. The van der Waals surface area contributed by atoms with Gasteiger partial charge < -0.3 is 9.84 Å². The first-order chi connectivity index (χ1) is 5.76. The first kappa shape index (κ1) is 9.39. The minimum atomic E-state index is 0.246. The number of ether oxygens (including phenoxy) is 1. The van der Waals surface area contributed by atoms with E-state index in [1.807, 2.05) is 13.0 Å². The van der Waals surface area contributed by atoms with Crippen molar-refractivity contribution in [2.75, 3.05) is 6.61 Å². The first-order valence-electron chi connectivity index (χ1n) is 3.78. The number of phenols is 1. The number of phenolic OH excluding ortho intramolecular Hbond substituents is 1. The van der Waals surface area contributed by atoms with Crippen LogP contribution >= 0.6 is 15.9 Å². The lowest BCUT2D eigenvalue weighted by Gasteiger charge is -2.05. The van der Waals surface area contributed by atoms with Gasteiger partial charge in [0.1, 0.15) is 11.5 Å². The van der Waals surface area contributed by atoms with Crippen LogP contribution in [0.4, 0.5) is 0 Å². The van der Waals surface area contributed by atoms with Crippen LogP contribution < -0.4 is 4.74 Å². The van der Waals surface area contributed by atoms with Crippen molar-refractivity contribution in [2.45, 2.75) is 12.3 Å². The van der Waals surface area contributed by atoms with E-state index in [-0.39, 0.29) is 5.75 Å². The molecule has 0 atom stereocenters. The van der Waals surface area contributed by atoms with E-state index in [2.05, 4.69) is 15.9 Å². The minimum absolute atomic E-state index is 0.246. The summed E-state index contributed by atoms with van der Waals surface area (Å²) in [6.45, 7) is 2.53. The molecule has 1 aromatic carbocycles. The van der Waals surface area contributed by atoms with E-state index in [1.54, 1.807) is 12.1 Å². The molecule has 0 fully saturated rings. The fraction of sp³-hybridized carbons (Fsp3) is 0.333. The molecule has 0 saturated heterocycles. The molecule has 0 radical (unpaired) electrons. The van der Waals surface area contributed by atoms with E-state index in [9.17, 15) is 5.11 Å². The van der Waals surface area contributed by atoms with Crippen molar-refractivity contribution in [2.24, 2.45) is 0 Å². The van der Waals surface area contributed by atoms with E-state index >= 15 is 0 Å². The van der Waals surface area contributed by atoms with Gasteiger partial charge >= 0.3 is 0 Å². The Morgan fingerprint density at radius 2 is 2.17 bits per heavy atom. The van der Waals surface area contributed by atoms with Crippen molar-refractivity contribution in [3.05, 3.63) is 23.8 Å². The SMILES string of the molecule is CCOc1cc(O)cc(CBr)c1. The largest absolute Gasteiger partial charge is 0.508 e. The van der Waals surface area contributed by atoms with Crippen molar-refractivity contribution >= 4 is 15.9 Å². The molecule has 0 bridgehead atoms. The third kappa shape index (κ3) is 2.41. The van der Waals surface area contributed by atoms with Crippen LogP contribution in [0.15, 0.2) is 18.2 Å². The number of halogens is 1. The lowest BCUT2D eigenvalue weighted by atomic mass is 10.2. The minimum Gasteiger partial charge on any atom is -0.508 e. The van der Waals surface area contributed by atoms with E-state index in [0.717, 1.165) is 10.9 Å². The predicted octanol–water partition coefficient (Wildman–Crippen LogP) is 2.69. The number of alkyl halides is 1. The Hall–Kier alpha value is -0.700. The van der Waals surface area contributed by atoms with Gasteiger partial charge in [0.2, 0.25) is 0 Å². The van der Waals surface area contributed by atoms with Gasteiger partial charge in [-0.2, -0.15) is 0 Å². The van der Waals surface area contributed by atoms with Crippen LogP contribution in [0.25, 0.3) is 0 Å². The molecule has 0 heterocycles. The Kier molecular flexibility index (Phi) is 3.41. The van der Waals surface area contributed by atoms with Crippen molar-refractivity contribution in [1.29, 1.82) is 0 Å². The molecule has 12 heavy (non-hydrogen) atoms. The third-order valence-electron chi connectivity index (χ3n) is 1.42. The summed E-state index contributed by atoms with van der Waals surface area (Å²) < 4.78 is 5.25. The van der Waals surface area contributed by atoms with Gasteiger partial charge in [-0.1, -0.05) is 15.9 Å². The molecular formula is C9H11BrO2. The summed E-state index contributed by atoms with van der Waals surface area (Å²) in [5.74, 6) is 0.961. The van der Waals surface area contributed by atoms with Crippen molar-refractivity contribution in [1.82, 2.24) is 0 Å². The summed E-state index contributed by atoms with van der Waals surface area (Å²) in [6, 6.07) is 5.21. The Morgan fingerprint density at radius 1 is 1.42 bits per heavy atom. The number of benzene rings is 1. The second kappa shape index (κ2) is 4.36. The van der Waals surface area contributed by atoms with Gasteiger partial charge in [0.05, 0.1) is 6.61 Å². The summed E-state index contributed by atoms with van der Waals surface area (Å²) in [6.07, 6.45) is 0. The van der Waals surface area contributed by atoms with Gasteiger partial charge in [0, 0.05) is 11.4 Å². The maximum atomic E-state index is 9.25. The smallest absolute Gasteiger partial charge is 0.123 e. The normalized spacial score (nSPS) is 9.83. The molecule has 0 spiro atoms. The summed E-state index contributed by atoms with van der Waals surface area (Å²) in [5.41, 5.74) is 1.01. The van der Waals surface area contributed by atoms with Gasteiger partial charge in [0.15, 0.2) is 0 Å². The van der Waals surface area contributed by atoms with Crippen molar-refractivity contribution in [3.8, 4) is 11.5 Å². The average molecular weight is 231 g/mol. The van der Waals surface area contributed by atoms with Crippen LogP contribution in [0.1, 0.15) is 12.5 Å². The molecule has 2 nitrogen and oxygen atoms in total. The molecule has 0 aliphatic carbocycles. The Labute approximate surface area is 80.3 Å². The predicted molar refractivity (Wildman–Crippen MR) is 51.9 cm³/mol. The average Bonchev–Trinajstić information content (AvgIpc) is 2.04. The van der Waals surface area contributed by atoms with Crippen molar-refractivity contribution in [3.63, 3.8) is 0 Å².